The third-order valence-corrected chi connectivity index (χ3v) is 7.57. The van der Waals surface area contributed by atoms with Gasteiger partial charge in [0, 0.05) is 12.5 Å². The number of benzene rings is 1. The average Bonchev–Trinajstić information content (AvgIpc) is 3.51. The van der Waals surface area contributed by atoms with Gasteiger partial charge in [-0.3, -0.25) is 0 Å². The van der Waals surface area contributed by atoms with E-state index in [0.717, 1.165) is 10.2 Å². The van der Waals surface area contributed by atoms with Crippen LogP contribution in [0.3, 0.4) is 0 Å². The summed E-state index contributed by atoms with van der Waals surface area (Å²) in [6.45, 7) is 1.14. The minimum atomic E-state index is -4.49. The molecular weight excluding hydrogens is 513 g/mol. The minimum Gasteiger partial charge on any atom is -0.448 e. The van der Waals surface area contributed by atoms with Crippen LogP contribution in [0.2, 0.25) is 0 Å². The molecule has 5 rings (SSSR count). The number of anilines is 2. The van der Waals surface area contributed by atoms with E-state index in [4.69, 9.17) is 4.74 Å². The van der Waals surface area contributed by atoms with E-state index < -0.39 is 36.6 Å². The Balaban J connectivity index is 1.48. The van der Waals surface area contributed by atoms with Crippen molar-refractivity contribution < 1.29 is 32.9 Å². The number of hydrogen-bond donors (Lipinski definition) is 4. The van der Waals surface area contributed by atoms with Gasteiger partial charge in [0.05, 0.1) is 28.0 Å². The molecular formula is C23H25F3N6O4S. The van der Waals surface area contributed by atoms with Gasteiger partial charge >= 0.3 is 12.3 Å². The van der Waals surface area contributed by atoms with Gasteiger partial charge in [-0.15, -0.1) is 11.3 Å². The zero-order valence-electron chi connectivity index (χ0n) is 19.7. The summed E-state index contributed by atoms with van der Waals surface area (Å²) in [6, 6.07) is 7.43. The second-order valence-corrected chi connectivity index (χ2v) is 10.2. The SMILES string of the molecule is Cc1nc(NCC(F)(F)F)nc(NC2(O)CCC(CN3CCOC3=O)C2O)c1-c1nc2ccccc2s1. The molecule has 10 nitrogen and oxygen atoms in total. The van der Waals surface area contributed by atoms with E-state index in [2.05, 4.69) is 25.6 Å². The highest BCUT2D eigenvalue weighted by Crippen LogP contribution is 2.41. The number of amides is 1. The van der Waals surface area contributed by atoms with Crippen molar-refractivity contribution in [1.29, 1.82) is 0 Å². The van der Waals surface area contributed by atoms with Crippen LogP contribution < -0.4 is 10.6 Å². The van der Waals surface area contributed by atoms with Crippen molar-refractivity contribution in [3.8, 4) is 10.6 Å². The molecule has 1 aliphatic carbocycles. The fraction of sp³-hybridized carbons (Fsp3) is 0.478. The van der Waals surface area contributed by atoms with Gasteiger partial charge in [0.15, 0.2) is 5.72 Å². The Morgan fingerprint density at radius 3 is 2.76 bits per heavy atom. The molecule has 3 atom stereocenters. The summed E-state index contributed by atoms with van der Waals surface area (Å²) in [6.07, 6.45) is -5.73. The van der Waals surface area contributed by atoms with E-state index in [1.807, 2.05) is 24.3 Å². The molecule has 3 unspecified atom stereocenters. The first-order valence-corrected chi connectivity index (χ1v) is 12.5. The fourth-order valence-corrected chi connectivity index (χ4v) is 5.73. The molecule has 198 valence electrons. The number of nitrogens with one attached hydrogen (secondary N) is 2. The number of nitrogens with zero attached hydrogens (tertiary/aromatic N) is 4. The zero-order valence-corrected chi connectivity index (χ0v) is 20.6. The predicted molar refractivity (Wildman–Crippen MR) is 130 cm³/mol. The van der Waals surface area contributed by atoms with Gasteiger partial charge in [0.25, 0.3) is 0 Å². The highest BCUT2D eigenvalue weighted by Gasteiger charge is 2.48. The summed E-state index contributed by atoms with van der Waals surface area (Å²) in [4.78, 5) is 26.4. The average molecular weight is 539 g/mol. The van der Waals surface area contributed by atoms with E-state index in [9.17, 15) is 28.2 Å². The van der Waals surface area contributed by atoms with E-state index in [1.54, 1.807) is 6.92 Å². The largest absolute Gasteiger partial charge is 0.448 e. The maximum atomic E-state index is 12.8. The summed E-state index contributed by atoms with van der Waals surface area (Å²) < 4.78 is 44.3. The molecule has 1 aliphatic heterocycles. The monoisotopic (exact) mass is 538 g/mol. The van der Waals surface area contributed by atoms with E-state index in [0.29, 0.717) is 29.2 Å². The number of cyclic esters (lactones) is 1. The van der Waals surface area contributed by atoms with Crippen molar-refractivity contribution in [3.63, 3.8) is 0 Å². The Bertz CT molecular complexity index is 1290. The first kappa shape index (κ1) is 25.4. The lowest BCUT2D eigenvalue weighted by Gasteiger charge is -2.32. The van der Waals surface area contributed by atoms with Crippen LogP contribution in [0, 0.1) is 12.8 Å². The van der Waals surface area contributed by atoms with Gasteiger partial charge in [-0.05, 0) is 31.9 Å². The van der Waals surface area contributed by atoms with Crippen LogP contribution in [0.4, 0.5) is 29.7 Å². The van der Waals surface area contributed by atoms with E-state index >= 15 is 0 Å². The smallest absolute Gasteiger partial charge is 0.409 e. The fourth-order valence-electron chi connectivity index (χ4n) is 4.67. The molecule has 1 saturated carbocycles. The highest BCUT2D eigenvalue weighted by molar-refractivity contribution is 7.21. The first-order chi connectivity index (χ1) is 17.5. The molecule has 2 fully saturated rings. The standard InChI is InChI=1S/C23H25F3N6O4S/c1-12-16(19-29-14-4-2-3-5-15(14)37-19)18(30-20(28-12)27-11-23(24,25)26)31-22(35)7-6-13(17(22)33)10-32-8-9-36-21(32)34/h2-5,13,17,33,35H,6-11H2,1H3,(H2,27,28,30,31). The first-order valence-electron chi connectivity index (χ1n) is 11.7. The number of aliphatic hydroxyl groups is 2. The Morgan fingerprint density at radius 2 is 2.05 bits per heavy atom. The number of rotatable bonds is 7. The topological polar surface area (TPSA) is 133 Å². The summed E-state index contributed by atoms with van der Waals surface area (Å²) in [7, 11) is 0. The van der Waals surface area contributed by atoms with Crippen molar-refractivity contribution in [2.75, 3.05) is 36.9 Å². The van der Waals surface area contributed by atoms with E-state index in [1.165, 1.54) is 16.2 Å². The second kappa shape index (κ2) is 9.58. The van der Waals surface area contributed by atoms with Crippen LogP contribution in [-0.4, -0.2) is 80.4 Å². The van der Waals surface area contributed by atoms with Crippen molar-refractivity contribution in [1.82, 2.24) is 19.9 Å². The number of carbonyl (C=O) groups is 1. The number of ether oxygens (including phenoxy) is 1. The third-order valence-electron chi connectivity index (χ3n) is 6.51. The van der Waals surface area contributed by atoms with Gasteiger partial charge in [0.1, 0.15) is 30.1 Å². The Labute approximate surface area is 213 Å². The molecule has 1 amide bonds. The number of fused-ring (bicyclic) bond motifs is 1. The number of alkyl halides is 3. The normalized spacial score (nSPS) is 24.1. The number of thiazole rings is 1. The Morgan fingerprint density at radius 1 is 1.27 bits per heavy atom. The van der Waals surface area contributed by atoms with Crippen molar-refractivity contribution in [2.24, 2.45) is 5.92 Å². The molecule has 4 N–H and O–H groups in total. The molecule has 1 saturated heterocycles. The molecule has 2 aliphatic rings. The van der Waals surface area contributed by atoms with Crippen LogP contribution in [0.25, 0.3) is 20.8 Å². The quantitative estimate of drug-likeness (QED) is 0.334. The molecule has 14 heteroatoms. The van der Waals surface area contributed by atoms with Crippen LogP contribution in [0.15, 0.2) is 24.3 Å². The molecule has 3 aromatic rings. The van der Waals surface area contributed by atoms with Gasteiger partial charge in [-0.25, -0.2) is 14.8 Å². The van der Waals surface area contributed by atoms with Gasteiger partial charge < -0.3 is 30.5 Å². The summed E-state index contributed by atoms with van der Waals surface area (Å²) >= 11 is 1.35. The number of aliphatic hydroxyl groups excluding tert-OH is 1. The molecule has 37 heavy (non-hydrogen) atoms. The van der Waals surface area contributed by atoms with E-state index in [-0.39, 0.29) is 31.3 Å². The number of aryl methyl sites for hydroxylation is 1. The number of carbonyl (C=O) groups excluding carboxylic acids is 1. The molecule has 0 spiro atoms. The second-order valence-electron chi connectivity index (χ2n) is 9.16. The molecule has 0 bridgehead atoms. The van der Waals surface area contributed by atoms with Crippen LogP contribution in [-0.2, 0) is 4.74 Å². The lowest BCUT2D eigenvalue weighted by Crippen LogP contribution is -2.49. The van der Waals surface area contributed by atoms with Crippen molar-refractivity contribution in [3.05, 3.63) is 30.0 Å². The lowest BCUT2D eigenvalue weighted by atomic mass is 10.0. The van der Waals surface area contributed by atoms with Gasteiger partial charge in [-0.1, -0.05) is 12.1 Å². The number of hydrogen-bond acceptors (Lipinski definition) is 10. The number of halogens is 3. The zero-order chi connectivity index (χ0) is 26.4. The molecule has 2 aromatic heterocycles. The Kier molecular flexibility index (Phi) is 6.58. The third kappa shape index (κ3) is 5.26. The summed E-state index contributed by atoms with van der Waals surface area (Å²) in [5, 5.41) is 28.0. The van der Waals surface area contributed by atoms with Crippen molar-refractivity contribution in [2.45, 2.75) is 37.8 Å². The molecule has 0 radical (unpaired) electrons. The number of para-hydroxylation sites is 1. The molecule has 1 aromatic carbocycles. The van der Waals surface area contributed by atoms with Gasteiger partial charge in [0.2, 0.25) is 5.95 Å². The number of aromatic nitrogens is 3. The maximum absolute atomic E-state index is 12.8. The van der Waals surface area contributed by atoms with Crippen LogP contribution >= 0.6 is 11.3 Å². The van der Waals surface area contributed by atoms with Crippen LogP contribution in [0.1, 0.15) is 18.5 Å². The summed E-state index contributed by atoms with van der Waals surface area (Å²) in [5.41, 5.74) is -0.370. The maximum Gasteiger partial charge on any atom is 0.409 e. The Hall–Kier alpha value is -3.23. The van der Waals surface area contributed by atoms with Crippen LogP contribution in [0.5, 0.6) is 0 Å². The van der Waals surface area contributed by atoms with Gasteiger partial charge in [-0.2, -0.15) is 18.2 Å². The highest BCUT2D eigenvalue weighted by atomic mass is 32.1. The minimum absolute atomic E-state index is 0.0408. The predicted octanol–water partition coefficient (Wildman–Crippen LogP) is 3.36. The summed E-state index contributed by atoms with van der Waals surface area (Å²) in [5.74, 6) is -0.687. The lowest BCUT2D eigenvalue weighted by molar-refractivity contribution is -0.115. The molecule has 3 heterocycles. The van der Waals surface area contributed by atoms with Crippen molar-refractivity contribution >= 4 is 39.4 Å².